The fraction of sp³-hybridized carbons (Fsp3) is 0.333. The van der Waals surface area contributed by atoms with Gasteiger partial charge in [0.25, 0.3) is 0 Å². The zero-order valence-electron chi connectivity index (χ0n) is 11.0. The first-order valence-corrected chi connectivity index (χ1v) is 8.37. The highest BCUT2D eigenvalue weighted by Crippen LogP contribution is 2.28. The van der Waals surface area contributed by atoms with Crippen molar-refractivity contribution in [3.63, 3.8) is 0 Å². The van der Waals surface area contributed by atoms with Crippen LogP contribution >= 0.6 is 38.9 Å². The van der Waals surface area contributed by atoms with E-state index in [1.165, 1.54) is 16.0 Å². The van der Waals surface area contributed by atoms with Crippen LogP contribution in [0.5, 0.6) is 0 Å². The number of likely N-dealkylation sites (N-methyl/N-ethyl adjacent to an activating group) is 1. The molecule has 0 saturated heterocycles. The van der Waals surface area contributed by atoms with Gasteiger partial charge >= 0.3 is 0 Å². The average molecular weight is 359 g/mol. The molecule has 1 N–H and O–H groups in total. The molecule has 0 amide bonds. The van der Waals surface area contributed by atoms with E-state index in [0.29, 0.717) is 6.04 Å². The topological polar surface area (TPSA) is 12.0 Å². The van der Waals surface area contributed by atoms with E-state index in [1.807, 2.05) is 6.07 Å². The maximum Gasteiger partial charge on any atom is 0.0409 e. The molecule has 2 rings (SSSR count). The molecule has 0 bridgehead atoms. The van der Waals surface area contributed by atoms with E-state index >= 15 is 0 Å². The lowest BCUT2D eigenvalue weighted by Crippen LogP contribution is -2.23. The highest BCUT2D eigenvalue weighted by atomic mass is 79.9. The molecule has 1 heterocycles. The van der Waals surface area contributed by atoms with E-state index < -0.39 is 0 Å². The van der Waals surface area contributed by atoms with Crippen LogP contribution in [0.2, 0.25) is 5.02 Å². The Kier molecular flexibility index (Phi) is 5.46. The first-order valence-electron chi connectivity index (χ1n) is 6.32. The SMILES string of the molecule is CCNC(Cc1cc(Br)cs1)c1cc(Cl)ccc1C. The van der Waals surface area contributed by atoms with Crippen molar-refractivity contribution in [2.45, 2.75) is 26.3 Å². The number of hydrogen-bond donors (Lipinski definition) is 1. The van der Waals surface area contributed by atoms with Gasteiger partial charge in [0.05, 0.1) is 0 Å². The second-order valence-corrected chi connectivity index (χ2v) is 6.89. The Morgan fingerprint density at radius 1 is 1.37 bits per heavy atom. The third-order valence-corrected chi connectivity index (χ3v) is 5.05. The lowest BCUT2D eigenvalue weighted by Gasteiger charge is -2.20. The maximum atomic E-state index is 6.14. The molecule has 0 fully saturated rings. The molecule has 0 spiro atoms. The Hall–Kier alpha value is -0.350. The molecule has 1 unspecified atom stereocenters. The molecule has 0 radical (unpaired) electrons. The van der Waals surface area contributed by atoms with Gasteiger partial charge in [0, 0.05) is 32.2 Å². The van der Waals surface area contributed by atoms with Crippen molar-refractivity contribution in [2.24, 2.45) is 0 Å². The summed E-state index contributed by atoms with van der Waals surface area (Å²) < 4.78 is 1.16. The van der Waals surface area contributed by atoms with Crippen molar-refractivity contribution in [3.8, 4) is 0 Å². The molecule has 1 nitrogen and oxygen atoms in total. The van der Waals surface area contributed by atoms with Crippen molar-refractivity contribution in [2.75, 3.05) is 6.54 Å². The van der Waals surface area contributed by atoms with Crippen LogP contribution in [0.15, 0.2) is 34.1 Å². The molecule has 2 aromatic rings. The van der Waals surface area contributed by atoms with Gasteiger partial charge in [0.15, 0.2) is 0 Å². The monoisotopic (exact) mass is 357 g/mol. The van der Waals surface area contributed by atoms with E-state index in [9.17, 15) is 0 Å². The lowest BCUT2D eigenvalue weighted by atomic mass is 9.98. The quantitative estimate of drug-likeness (QED) is 0.758. The van der Waals surface area contributed by atoms with E-state index in [-0.39, 0.29) is 0 Å². The molecule has 0 aliphatic heterocycles. The highest BCUT2D eigenvalue weighted by Gasteiger charge is 2.15. The molecule has 0 aliphatic carbocycles. The summed E-state index contributed by atoms with van der Waals surface area (Å²) in [6, 6.07) is 8.62. The number of aryl methyl sites for hydroxylation is 1. The highest BCUT2D eigenvalue weighted by molar-refractivity contribution is 9.10. The maximum absolute atomic E-state index is 6.14. The minimum atomic E-state index is 0.314. The van der Waals surface area contributed by atoms with E-state index in [1.54, 1.807) is 11.3 Å². The summed E-state index contributed by atoms with van der Waals surface area (Å²) in [6.07, 6.45) is 0.991. The standard InChI is InChI=1S/C15H17BrClNS/c1-3-18-15(8-13-6-11(16)9-19-13)14-7-12(17)5-4-10(14)2/h4-7,9,15,18H,3,8H2,1-2H3. The number of halogens is 2. The number of hydrogen-bond acceptors (Lipinski definition) is 2. The molecular weight excluding hydrogens is 342 g/mol. The number of rotatable bonds is 5. The minimum Gasteiger partial charge on any atom is -0.310 e. The van der Waals surface area contributed by atoms with Crippen LogP contribution in [0.4, 0.5) is 0 Å². The van der Waals surface area contributed by atoms with Crippen LogP contribution in [0, 0.1) is 6.92 Å². The number of benzene rings is 1. The summed E-state index contributed by atoms with van der Waals surface area (Å²) in [5.74, 6) is 0. The molecule has 1 aromatic carbocycles. The second kappa shape index (κ2) is 6.89. The van der Waals surface area contributed by atoms with E-state index in [4.69, 9.17) is 11.6 Å². The Bertz CT molecular complexity index is 553. The van der Waals surface area contributed by atoms with Crippen LogP contribution in [0.1, 0.15) is 29.0 Å². The summed E-state index contributed by atoms with van der Waals surface area (Å²) in [5, 5.41) is 6.49. The van der Waals surface area contributed by atoms with Crippen LogP contribution in [-0.4, -0.2) is 6.54 Å². The third kappa shape index (κ3) is 4.06. The van der Waals surface area contributed by atoms with Crippen LogP contribution in [-0.2, 0) is 6.42 Å². The van der Waals surface area contributed by atoms with Gasteiger partial charge in [0.2, 0.25) is 0 Å². The Morgan fingerprint density at radius 2 is 2.16 bits per heavy atom. The summed E-state index contributed by atoms with van der Waals surface area (Å²) in [4.78, 5) is 1.37. The van der Waals surface area contributed by atoms with Gasteiger partial charge in [0.1, 0.15) is 0 Å². The normalized spacial score (nSPS) is 12.6. The predicted molar refractivity (Wildman–Crippen MR) is 88.3 cm³/mol. The van der Waals surface area contributed by atoms with Crippen LogP contribution in [0.3, 0.4) is 0 Å². The van der Waals surface area contributed by atoms with E-state index in [2.05, 4.69) is 58.7 Å². The van der Waals surface area contributed by atoms with Crippen molar-refractivity contribution in [1.82, 2.24) is 5.32 Å². The molecule has 102 valence electrons. The van der Waals surface area contributed by atoms with Gasteiger partial charge in [-0.3, -0.25) is 0 Å². The Balaban J connectivity index is 2.26. The molecule has 1 aromatic heterocycles. The number of nitrogens with one attached hydrogen (secondary N) is 1. The van der Waals surface area contributed by atoms with Gasteiger partial charge in [-0.05, 0) is 58.7 Å². The molecule has 1 atom stereocenters. The predicted octanol–water partition coefficient (Wildman–Crippen LogP) is 5.37. The third-order valence-electron chi connectivity index (χ3n) is 3.09. The van der Waals surface area contributed by atoms with Crippen LogP contribution < -0.4 is 5.32 Å². The van der Waals surface area contributed by atoms with Gasteiger partial charge in [-0.1, -0.05) is 24.6 Å². The lowest BCUT2D eigenvalue weighted by molar-refractivity contribution is 0.551. The summed E-state index contributed by atoms with van der Waals surface area (Å²) in [5.41, 5.74) is 2.57. The minimum absolute atomic E-state index is 0.314. The van der Waals surface area contributed by atoms with Crippen molar-refractivity contribution < 1.29 is 0 Å². The molecule has 19 heavy (non-hydrogen) atoms. The van der Waals surface area contributed by atoms with Gasteiger partial charge in [-0.2, -0.15) is 0 Å². The van der Waals surface area contributed by atoms with Crippen molar-refractivity contribution in [1.29, 1.82) is 0 Å². The zero-order chi connectivity index (χ0) is 13.8. The molecule has 0 saturated carbocycles. The molecular formula is C15H17BrClNS. The zero-order valence-corrected chi connectivity index (χ0v) is 14.2. The summed E-state index contributed by atoms with van der Waals surface area (Å²) in [7, 11) is 0. The second-order valence-electron chi connectivity index (χ2n) is 4.55. The Labute approximate surface area is 132 Å². The van der Waals surface area contributed by atoms with Crippen LogP contribution in [0.25, 0.3) is 0 Å². The van der Waals surface area contributed by atoms with Gasteiger partial charge in [-0.15, -0.1) is 11.3 Å². The molecule has 4 heteroatoms. The largest absolute Gasteiger partial charge is 0.310 e. The fourth-order valence-electron chi connectivity index (χ4n) is 2.19. The Morgan fingerprint density at radius 3 is 2.79 bits per heavy atom. The first-order chi connectivity index (χ1) is 9.10. The van der Waals surface area contributed by atoms with E-state index in [0.717, 1.165) is 22.5 Å². The van der Waals surface area contributed by atoms with Gasteiger partial charge in [-0.25, -0.2) is 0 Å². The summed E-state index contributed by atoms with van der Waals surface area (Å²) in [6.45, 7) is 5.22. The number of thiophene rings is 1. The van der Waals surface area contributed by atoms with Gasteiger partial charge < -0.3 is 5.32 Å². The average Bonchev–Trinajstić information content (AvgIpc) is 2.77. The first kappa shape index (κ1) is 15.0. The van der Waals surface area contributed by atoms with Crippen molar-refractivity contribution in [3.05, 3.63) is 55.1 Å². The van der Waals surface area contributed by atoms with Crippen molar-refractivity contribution >= 4 is 38.9 Å². The summed E-state index contributed by atoms with van der Waals surface area (Å²) >= 11 is 11.4. The fourth-order valence-corrected chi connectivity index (χ4v) is 3.87. The smallest absolute Gasteiger partial charge is 0.0409 e. The molecule has 0 aliphatic rings.